The summed E-state index contributed by atoms with van der Waals surface area (Å²) in [4.78, 5) is 20.5. The molecular formula is C26H25N5O3. The van der Waals surface area contributed by atoms with Crippen LogP contribution in [-0.2, 0) is 6.54 Å². The van der Waals surface area contributed by atoms with Crippen LogP contribution in [0, 0.1) is 17.0 Å². The third-order valence-electron chi connectivity index (χ3n) is 6.12. The molecule has 1 aliphatic rings. The van der Waals surface area contributed by atoms with Crippen LogP contribution in [0.5, 0.6) is 0 Å². The van der Waals surface area contributed by atoms with Crippen molar-refractivity contribution in [1.82, 2.24) is 15.0 Å². The molecule has 0 saturated carbocycles. The van der Waals surface area contributed by atoms with E-state index in [-0.39, 0.29) is 16.5 Å². The molecule has 5 rings (SSSR count). The fraction of sp³-hybridized carbons (Fsp3) is 0.231. The van der Waals surface area contributed by atoms with Gasteiger partial charge in [-0.05, 0) is 24.6 Å². The highest BCUT2D eigenvalue weighted by atomic mass is 16.6. The molecule has 2 heterocycles. The normalized spacial score (nSPS) is 14.3. The highest BCUT2D eigenvalue weighted by Crippen LogP contribution is 2.34. The second-order valence-corrected chi connectivity index (χ2v) is 8.50. The van der Waals surface area contributed by atoms with Crippen molar-refractivity contribution in [3.63, 3.8) is 0 Å². The first-order valence-corrected chi connectivity index (χ1v) is 11.3. The van der Waals surface area contributed by atoms with Crippen molar-refractivity contribution in [2.75, 3.05) is 31.1 Å². The first-order chi connectivity index (χ1) is 16.6. The lowest BCUT2D eigenvalue weighted by Gasteiger charge is -2.35. The SMILES string of the molecule is Cc1ccc(-c2noc(-c3ccc(N4CCN(Cc5ccccc5)CC4)c([N+](=O)[O-])c3)n2)cc1. The van der Waals surface area contributed by atoms with Crippen LogP contribution in [0.25, 0.3) is 22.8 Å². The second kappa shape index (κ2) is 9.44. The molecule has 0 bridgehead atoms. The van der Waals surface area contributed by atoms with E-state index < -0.39 is 0 Å². The molecule has 8 nitrogen and oxygen atoms in total. The summed E-state index contributed by atoms with van der Waals surface area (Å²) in [5.74, 6) is 0.717. The minimum atomic E-state index is -0.341. The predicted octanol–water partition coefficient (Wildman–Crippen LogP) is 4.94. The molecule has 8 heteroatoms. The fourth-order valence-corrected chi connectivity index (χ4v) is 4.22. The molecule has 0 spiro atoms. The molecule has 1 fully saturated rings. The number of benzene rings is 3. The number of aryl methyl sites for hydroxylation is 1. The molecule has 0 atom stereocenters. The Morgan fingerprint density at radius 2 is 1.65 bits per heavy atom. The molecular weight excluding hydrogens is 430 g/mol. The number of nitro benzene ring substituents is 1. The number of hydrogen-bond acceptors (Lipinski definition) is 7. The van der Waals surface area contributed by atoms with Crippen molar-refractivity contribution >= 4 is 11.4 Å². The predicted molar refractivity (Wildman–Crippen MR) is 130 cm³/mol. The minimum Gasteiger partial charge on any atom is -0.363 e. The van der Waals surface area contributed by atoms with Crippen LogP contribution in [0.1, 0.15) is 11.1 Å². The summed E-state index contributed by atoms with van der Waals surface area (Å²) >= 11 is 0. The largest absolute Gasteiger partial charge is 0.363 e. The number of rotatable bonds is 6. The van der Waals surface area contributed by atoms with Gasteiger partial charge < -0.3 is 9.42 Å². The van der Waals surface area contributed by atoms with Crippen molar-refractivity contribution in [3.05, 3.63) is 94.0 Å². The molecule has 0 N–H and O–H groups in total. The summed E-state index contributed by atoms with van der Waals surface area (Å²) < 4.78 is 5.42. The van der Waals surface area contributed by atoms with E-state index in [9.17, 15) is 10.1 Å². The van der Waals surface area contributed by atoms with Gasteiger partial charge in [-0.25, -0.2) is 0 Å². The maximum Gasteiger partial charge on any atom is 0.293 e. The Balaban J connectivity index is 1.32. The summed E-state index contributed by atoms with van der Waals surface area (Å²) in [5, 5.41) is 16.0. The molecule has 0 aliphatic carbocycles. The fourth-order valence-electron chi connectivity index (χ4n) is 4.22. The first-order valence-electron chi connectivity index (χ1n) is 11.3. The second-order valence-electron chi connectivity index (χ2n) is 8.50. The Morgan fingerprint density at radius 3 is 2.35 bits per heavy atom. The average Bonchev–Trinajstić information content (AvgIpc) is 3.36. The molecule has 34 heavy (non-hydrogen) atoms. The van der Waals surface area contributed by atoms with E-state index >= 15 is 0 Å². The smallest absolute Gasteiger partial charge is 0.293 e. The Morgan fingerprint density at radius 1 is 0.941 bits per heavy atom. The summed E-state index contributed by atoms with van der Waals surface area (Å²) in [6.45, 7) is 6.04. The van der Waals surface area contributed by atoms with E-state index in [1.807, 2.05) is 55.5 Å². The number of nitrogens with zero attached hydrogens (tertiary/aromatic N) is 5. The highest BCUT2D eigenvalue weighted by Gasteiger charge is 2.25. The highest BCUT2D eigenvalue weighted by molar-refractivity contribution is 5.71. The van der Waals surface area contributed by atoms with E-state index in [2.05, 4.69) is 32.1 Å². The van der Waals surface area contributed by atoms with Crippen molar-refractivity contribution in [2.24, 2.45) is 0 Å². The van der Waals surface area contributed by atoms with Crippen molar-refractivity contribution in [3.8, 4) is 22.8 Å². The quantitative estimate of drug-likeness (QED) is 0.300. The van der Waals surface area contributed by atoms with Crippen LogP contribution in [0.15, 0.2) is 77.3 Å². The van der Waals surface area contributed by atoms with Gasteiger partial charge in [0.15, 0.2) is 0 Å². The van der Waals surface area contributed by atoms with E-state index in [4.69, 9.17) is 4.52 Å². The number of aromatic nitrogens is 2. The molecule has 3 aromatic carbocycles. The molecule has 1 aromatic heterocycles. The van der Waals surface area contributed by atoms with E-state index in [1.165, 1.54) is 11.6 Å². The van der Waals surface area contributed by atoms with Crippen LogP contribution >= 0.6 is 0 Å². The number of nitro groups is 1. The zero-order valence-electron chi connectivity index (χ0n) is 18.9. The van der Waals surface area contributed by atoms with Gasteiger partial charge in [-0.1, -0.05) is 65.3 Å². The number of anilines is 1. The standard InChI is InChI=1S/C26H25N5O3/c1-19-7-9-21(10-8-19)25-27-26(34-28-25)22-11-12-23(24(17-22)31(32)33)30-15-13-29(14-16-30)18-20-5-3-2-4-6-20/h2-12,17H,13-16,18H2,1H3. The van der Waals surface area contributed by atoms with Crippen LogP contribution in [-0.4, -0.2) is 46.1 Å². The summed E-state index contributed by atoms with van der Waals surface area (Å²) in [7, 11) is 0. The lowest BCUT2D eigenvalue weighted by atomic mass is 10.1. The molecule has 4 aromatic rings. The van der Waals surface area contributed by atoms with Gasteiger partial charge in [0, 0.05) is 49.9 Å². The lowest BCUT2D eigenvalue weighted by molar-refractivity contribution is -0.384. The average molecular weight is 456 g/mol. The monoisotopic (exact) mass is 455 g/mol. The van der Waals surface area contributed by atoms with Crippen LogP contribution < -0.4 is 4.90 Å². The summed E-state index contributed by atoms with van der Waals surface area (Å²) in [6.07, 6.45) is 0. The Kier molecular flexibility index (Phi) is 6.05. The zero-order chi connectivity index (χ0) is 23.5. The molecule has 0 amide bonds. The number of piperazine rings is 1. The van der Waals surface area contributed by atoms with Crippen molar-refractivity contribution in [2.45, 2.75) is 13.5 Å². The van der Waals surface area contributed by atoms with Crippen LogP contribution in [0.2, 0.25) is 0 Å². The first kappa shape index (κ1) is 21.8. The minimum absolute atomic E-state index is 0.0455. The Labute approximate surface area is 197 Å². The van der Waals surface area contributed by atoms with E-state index in [1.54, 1.807) is 6.07 Å². The molecule has 172 valence electrons. The van der Waals surface area contributed by atoms with Crippen LogP contribution in [0.3, 0.4) is 0 Å². The van der Waals surface area contributed by atoms with E-state index in [0.29, 0.717) is 17.1 Å². The van der Waals surface area contributed by atoms with Crippen molar-refractivity contribution < 1.29 is 9.45 Å². The van der Waals surface area contributed by atoms with Gasteiger partial charge in [-0.15, -0.1) is 0 Å². The molecule has 0 unspecified atom stereocenters. The Hall–Kier alpha value is -4.04. The lowest BCUT2D eigenvalue weighted by Crippen LogP contribution is -2.46. The summed E-state index contributed by atoms with van der Waals surface area (Å²) in [6, 6.07) is 23.3. The van der Waals surface area contributed by atoms with Gasteiger partial charge >= 0.3 is 0 Å². The third kappa shape index (κ3) is 4.67. The van der Waals surface area contributed by atoms with Crippen LogP contribution in [0.4, 0.5) is 11.4 Å². The third-order valence-corrected chi connectivity index (χ3v) is 6.12. The maximum absolute atomic E-state index is 11.9. The van der Waals surface area contributed by atoms with E-state index in [0.717, 1.165) is 43.9 Å². The van der Waals surface area contributed by atoms with Gasteiger partial charge in [0.25, 0.3) is 11.6 Å². The van der Waals surface area contributed by atoms with Gasteiger partial charge in [-0.3, -0.25) is 15.0 Å². The maximum atomic E-state index is 11.9. The zero-order valence-corrected chi connectivity index (χ0v) is 18.9. The molecule has 0 radical (unpaired) electrons. The Bertz CT molecular complexity index is 1280. The van der Waals surface area contributed by atoms with Crippen molar-refractivity contribution in [1.29, 1.82) is 0 Å². The number of hydrogen-bond donors (Lipinski definition) is 0. The van der Waals surface area contributed by atoms with Gasteiger partial charge in [0.05, 0.1) is 4.92 Å². The molecule has 1 aliphatic heterocycles. The summed E-state index contributed by atoms with van der Waals surface area (Å²) in [5.41, 5.74) is 4.44. The van der Waals surface area contributed by atoms with Gasteiger partial charge in [-0.2, -0.15) is 4.98 Å². The topological polar surface area (TPSA) is 88.5 Å². The van der Waals surface area contributed by atoms with Gasteiger partial charge in [0.1, 0.15) is 5.69 Å². The van der Waals surface area contributed by atoms with Gasteiger partial charge in [0.2, 0.25) is 5.82 Å². The molecule has 1 saturated heterocycles.